The molecule has 0 atom stereocenters. The molecule has 0 fully saturated rings. The van der Waals surface area contributed by atoms with Crippen molar-refractivity contribution in [3.05, 3.63) is 82.3 Å². The van der Waals surface area contributed by atoms with Crippen LogP contribution in [0.2, 0.25) is 5.02 Å². The lowest BCUT2D eigenvalue weighted by molar-refractivity contribution is -0.111. The Morgan fingerprint density at radius 3 is 2.55 bits per heavy atom. The lowest BCUT2D eigenvalue weighted by Gasteiger charge is -2.11. The van der Waals surface area contributed by atoms with E-state index in [2.05, 4.69) is 15.0 Å². The molecule has 0 saturated carbocycles. The molecule has 168 valence electrons. The highest BCUT2D eigenvalue weighted by molar-refractivity contribution is 7.19. The van der Waals surface area contributed by atoms with Gasteiger partial charge in [0.15, 0.2) is 11.5 Å². The molecule has 1 N–H and O–H groups in total. The molecule has 0 aliphatic heterocycles. The topological polar surface area (TPSA) is 60.5 Å². The summed E-state index contributed by atoms with van der Waals surface area (Å²) in [7, 11) is 1.35. The average molecular weight is 487 g/mol. The van der Waals surface area contributed by atoms with Gasteiger partial charge in [-0.15, -0.1) is 11.3 Å². The monoisotopic (exact) mass is 486 g/mol. The summed E-state index contributed by atoms with van der Waals surface area (Å²) in [6.45, 7) is -2.98. The summed E-state index contributed by atoms with van der Waals surface area (Å²) in [5.41, 5.74) is 2.18. The number of nitrogens with one attached hydrogen (secondary N) is 1. The molecule has 33 heavy (non-hydrogen) atoms. The summed E-state index contributed by atoms with van der Waals surface area (Å²) in [6.07, 6.45) is 1.62. The van der Waals surface area contributed by atoms with Gasteiger partial charge in [-0.2, -0.15) is 8.78 Å². The number of halogens is 3. The number of para-hydroxylation sites is 1. The summed E-state index contributed by atoms with van der Waals surface area (Å²) < 4.78 is 35.9. The Kier molecular flexibility index (Phi) is 6.86. The van der Waals surface area contributed by atoms with Gasteiger partial charge < -0.3 is 14.8 Å². The smallest absolute Gasteiger partial charge is 0.387 e. The van der Waals surface area contributed by atoms with E-state index < -0.39 is 6.61 Å². The number of benzene rings is 3. The van der Waals surface area contributed by atoms with Gasteiger partial charge in [0, 0.05) is 10.7 Å². The first kappa shape index (κ1) is 22.7. The minimum Gasteiger partial charge on any atom is -0.493 e. The Labute approximate surface area is 197 Å². The Balaban J connectivity index is 1.75. The van der Waals surface area contributed by atoms with Crippen LogP contribution in [-0.2, 0) is 4.79 Å². The first-order valence-electron chi connectivity index (χ1n) is 9.70. The number of fused-ring (bicyclic) bond motifs is 1. The Morgan fingerprint density at radius 2 is 1.85 bits per heavy atom. The van der Waals surface area contributed by atoms with Crippen LogP contribution in [-0.4, -0.2) is 24.6 Å². The second-order valence-corrected chi connectivity index (χ2v) is 8.26. The molecule has 0 radical (unpaired) electrons. The first-order chi connectivity index (χ1) is 15.9. The predicted octanol–water partition coefficient (Wildman–Crippen LogP) is 6.74. The van der Waals surface area contributed by atoms with Crippen molar-refractivity contribution in [2.75, 3.05) is 12.4 Å². The van der Waals surface area contributed by atoms with Gasteiger partial charge in [-0.25, -0.2) is 4.98 Å². The molecule has 5 nitrogen and oxygen atoms in total. The zero-order valence-electron chi connectivity index (χ0n) is 17.2. The Hall–Kier alpha value is -3.49. The van der Waals surface area contributed by atoms with Gasteiger partial charge in [-0.05, 0) is 60.2 Å². The standard InChI is InChI=1S/C24H17ClF2N2O3S/c1-31-20-13-14(6-11-19(20)32-24(26)27)12-17(22(30)28-16-9-7-15(25)8-10-16)23-29-18-4-2-3-5-21(18)33-23/h2-13,24H,1H3,(H,28,30)/b17-12-. The number of hydrogen-bond acceptors (Lipinski definition) is 5. The van der Waals surface area contributed by atoms with E-state index in [9.17, 15) is 13.6 Å². The van der Waals surface area contributed by atoms with Gasteiger partial charge in [-0.1, -0.05) is 29.8 Å². The van der Waals surface area contributed by atoms with Crippen LogP contribution >= 0.6 is 22.9 Å². The number of aromatic nitrogens is 1. The summed E-state index contributed by atoms with van der Waals surface area (Å²) in [6, 6.07) is 18.7. The van der Waals surface area contributed by atoms with E-state index >= 15 is 0 Å². The van der Waals surface area contributed by atoms with Crippen molar-refractivity contribution in [1.82, 2.24) is 4.98 Å². The van der Waals surface area contributed by atoms with Crippen LogP contribution in [0.4, 0.5) is 14.5 Å². The van der Waals surface area contributed by atoms with E-state index in [0.29, 0.717) is 26.9 Å². The van der Waals surface area contributed by atoms with E-state index in [1.807, 2.05) is 24.3 Å². The maximum absolute atomic E-state index is 13.2. The number of carbonyl (C=O) groups excluding carboxylic acids is 1. The van der Waals surface area contributed by atoms with Crippen LogP contribution in [0.1, 0.15) is 10.6 Å². The van der Waals surface area contributed by atoms with Gasteiger partial charge in [0.1, 0.15) is 5.01 Å². The van der Waals surface area contributed by atoms with Crippen molar-refractivity contribution >= 4 is 56.4 Å². The number of rotatable bonds is 7. The van der Waals surface area contributed by atoms with Gasteiger partial charge in [0.05, 0.1) is 22.9 Å². The fourth-order valence-corrected chi connectivity index (χ4v) is 4.18. The maximum atomic E-state index is 13.2. The fraction of sp³-hybridized carbons (Fsp3) is 0.0833. The molecule has 0 aliphatic carbocycles. The van der Waals surface area contributed by atoms with E-state index in [-0.39, 0.29) is 17.4 Å². The number of nitrogens with zero attached hydrogens (tertiary/aromatic N) is 1. The van der Waals surface area contributed by atoms with Crippen LogP contribution in [0.3, 0.4) is 0 Å². The molecule has 4 rings (SSSR count). The number of alkyl halides is 2. The quantitative estimate of drug-likeness (QED) is 0.294. The van der Waals surface area contributed by atoms with Crippen molar-refractivity contribution in [3.63, 3.8) is 0 Å². The highest BCUT2D eigenvalue weighted by Crippen LogP contribution is 2.33. The zero-order chi connectivity index (χ0) is 23.4. The van der Waals surface area contributed by atoms with Gasteiger partial charge in [0.25, 0.3) is 5.91 Å². The minimum absolute atomic E-state index is 0.100. The zero-order valence-corrected chi connectivity index (χ0v) is 18.8. The molecule has 1 heterocycles. The number of thiazole rings is 1. The van der Waals surface area contributed by atoms with Gasteiger partial charge in [0.2, 0.25) is 0 Å². The van der Waals surface area contributed by atoms with Gasteiger partial charge >= 0.3 is 6.61 Å². The molecule has 0 saturated heterocycles. The van der Waals surface area contributed by atoms with Crippen molar-refractivity contribution in [3.8, 4) is 11.5 Å². The van der Waals surface area contributed by atoms with Crippen LogP contribution in [0.5, 0.6) is 11.5 Å². The third kappa shape index (κ3) is 5.47. The molecule has 1 aromatic heterocycles. The number of anilines is 1. The summed E-state index contributed by atoms with van der Waals surface area (Å²) >= 11 is 7.30. The summed E-state index contributed by atoms with van der Waals surface area (Å²) in [5, 5.41) is 3.90. The summed E-state index contributed by atoms with van der Waals surface area (Å²) in [5.74, 6) is -0.370. The highest BCUT2D eigenvalue weighted by Gasteiger charge is 2.18. The third-order valence-electron chi connectivity index (χ3n) is 4.59. The van der Waals surface area contributed by atoms with Crippen molar-refractivity contribution in [1.29, 1.82) is 0 Å². The molecule has 0 aliphatic rings. The largest absolute Gasteiger partial charge is 0.493 e. The lowest BCUT2D eigenvalue weighted by atomic mass is 10.1. The molecule has 3 aromatic carbocycles. The number of amides is 1. The third-order valence-corrected chi connectivity index (χ3v) is 5.91. The minimum atomic E-state index is -2.98. The Bertz CT molecular complexity index is 1290. The summed E-state index contributed by atoms with van der Waals surface area (Å²) in [4.78, 5) is 17.8. The number of hydrogen-bond donors (Lipinski definition) is 1. The first-order valence-corrected chi connectivity index (χ1v) is 10.9. The number of ether oxygens (including phenoxy) is 2. The van der Waals surface area contributed by atoms with Crippen molar-refractivity contribution < 1.29 is 23.0 Å². The SMILES string of the molecule is COc1cc(/C=C(/C(=O)Nc2ccc(Cl)cc2)c2nc3ccccc3s2)ccc1OC(F)F. The van der Waals surface area contributed by atoms with Crippen LogP contribution < -0.4 is 14.8 Å². The lowest BCUT2D eigenvalue weighted by Crippen LogP contribution is -2.13. The second kappa shape index (κ2) is 9.97. The van der Waals surface area contributed by atoms with Crippen LogP contribution in [0, 0.1) is 0 Å². The fourth-order valence-electron chi connectivity index (χ4n) is 3.08. The molecule has 0 unspecified atom stereocenters. The van der Waals surface area contributed by atoms with E-state index in [1.54, 1.807) is 36.4 Å². The Morgan fingerprint density at radius 1 is 1.09 bits per heavy atom. The molecular formula is C24H17ClF2N2O3S. The second-order valence-electron chi connectivity index (χ2n) is 6.79. The molecule has 9 heteroatoms. The van der Waals surface area contributed by atoms with Crippen LogP contribution in [0.25, 0.3) is 21.9 Å². The van der Waals surface area contributed by atoms with E-state index in [0.717, 1.165) is 10.2 Å². The van der Waals surface area contributed by atoms with Crippen molar-refractivity contribution in [2.24, 2.45) is 0 Å². The average Bonchev–Trinajstić information content (AvgIpc) is 3.23. The highest BCUT2D eigenvalue weighted by atomic mass is 35.5. The number of carbonyl (C=O) groups is 1. The number of methoxy groups -OCH3 is 1. The predicted molar refractivity (Wildman–Crippen MR) is 127 cm³/mol. The molecule has 1 amide bonds. The normalized spacial score (nSPS) is 11.6. The van der Waals surface area contributed by atoms with Crippen LogP contribution in [0.15, 0.2) is 66.7 Å². The molecule has 0 spiro atoms. The molecule has 4 aromatic rings. The van der Waals surface area contributed by atoms with E-state index in [1.165, 1.54) is 30.6 Å². The van der Waals surface area contributed by atoms with Gasteiger partial charge in [-0.3, -0.25) is 4.79 Å². The van der Waals surface area contributed by atoms with Crippen molar-refractivity contribution in [2.45, 2.75) is 6.61 Å². The molecular weight excluding hydrogens is 470 g/mol. The maximum Gasteiger partial charge on any atom is 0.387 e. The molecule has 0 bridgehead atoms. The van der Waals surface area contributed by atoms with E-state index in [4.69, 9.17) is 16.3 Å².